The Balaban J connectivity index is 1.59. The lowest BCUT2D eigenvalue weighted by molar-refractivity contribution is -0.132. The van der Waals surface area contributed by atoms with Gasteiger partial charge in [-0.1, -0.05) is 6.07 Å². The molecule has 1 fully saturated rings. The molecule has 5 nitrogen and oxygen atoms in total. The highest BCUT2D eigenvalue weighted by Crippen LogP contribution is 2.25. The molecular weight excluding hydrogens is 336 g/mol. The highest BCUT2D eigenvalue weighted by Gasteiger charge is 2.25. The molecule has 1 unspecified atom stereocenters. The molecule has 0 radical (unpaired) electrons. The first-order chi connectivity index (χ1) is 12.0. The number of nitrogens with one attached hydrogen (secondary N) is 1. The Morgan fingerprint density at radius 2 is 2.04 bits per heavy atom. The Kier molecular flexibility index (Phi) is 5.79. The lowest BCUT2D eigenvalue weighted by atomic mass is 9.98. The van der Waals surface area contributed by atoms with Crippen molar-refractivity contribution < 1.29 is 13.2 Å². The van der Waals surface area contributed by atoms with E-state index in [1.165, 1.54) is 5.56 Å². The van der Waals surface area contributed by atoms with Gasteiger partial charge in [0.15, 0.2) is 9.84 Å². The van der Waals surface area contributed by atoms with Gasteiger partial charge in [0.05, 0.1) is 10.6 Å². The summed E-state index contributed by atoms with van der Waals surface area (Å²) >= 11 is 0. The number of likely N-dealkylation sites (tertiary alicyclic amines) is 1. The molecule has 1 aliphatic heterocycles. The Morgan fingerprint density at radius 1 is 1.24 bits per heavy atom. The van der Waals surface area contributed by atoms with E-state index < -0.39 is 9.84 Å². The number of hydrogen-bond acceptors (Lipinski definition) is 4. The van der Waals surface area contributed by atoms with Crippen molar-refractivity contribution >= 4 is 15.7 Å². The van der Waals surface area contributed by atoms with Crippen molar-refractivity contribution in [2.24, 2.45) is 5.92 Å². The SMILES string of the molecule is CNCC1CCCN(C(=O)CCS(=O)(=O)c2ccc3c(c2)CCC3)C1. The largest absolute Gasteiger partial charge is 0.342 e. The van der Waals surface area contributed by atoms with Crippen LogP contribution in [0, 0.1) is 5.92 Å². The smallest absolute Gasteiger partial charge is 0.223 e. The van der Waals surface area contributed by atoms with E-state index in [9.17, 15) is 13.2 Å². The number of piperidine rings is 1. The average Bonchev–Trinajstić information content (AvgIpc) is 3.08. The normalized spacial score (nSPS) is 20.5. The van der Waals surface area contributed by atoms with Gasteiger partial charge in [0, 0.05) is 19.5 Å². The van der Waals surface area contributed by atoms with Gasteiger partial charge in [0.2, 0.25) is 5.91 Å². The van der Waals surface area contributed by atoms with Gasteiger partial charge in [-0.15, -0.1) is 0 Å². The van der Waals surface area contributed by atoms with Gasteiger partial charge in [-0.2, -0.15) is 0 Å². The van der Waals surface area contributed by atoms with Crippen molar-refractivity contribution in [2.75, 3.05) is 32.4 Å². The van der Waals surface area contributed by atoms with Crippen LogP contribution in [0.1, 0.15) is 36.8 Å². The van der Waals surface area contributed by atoms with Gasteiger partial charge in [0.25, 0.3) is 0 Å². The van der Waals surface area contributed by atoms with Gasteiger partial charge >= 0.3 is 0 Å². The molecule has 1 aromatic carbocycles. The minimum absolute atomic E-state index is 0.0365. The summed E-state index contributed by atoms with van der Waals surface area (Å²) in [4.78, 5) is 14.7. The van der Waals surface area contributed by atoms with Crippen LogP contribution in [-0.2, 0) is 27.5 Å². The molecular formula is C19H28N2O3S. The van der Waals surface area contributed by atoms with E-state index >= 15 is 0 Å². The van der Waals surface area contributed by atoms with Crippen LogP contribution in [0.3, 0.4) is 0 Å². The summed E-state index contributed by atoms with van der Waals surface area (Å²) in [5.41, 5.74) is 2.41. The summed E-state index contributed by atoms with van der Waals surface area (Å²) in [6.45, 7) is 2.38. The van der Waals surface area contributed by atoms with Crippen molar-refractivity contribution in [3.8, 4) is 0 Å². The molecule has 6 heteroatoms. The highest BCUT2D eigenvalue weighted by atomic mass is 32.2. The molecule has 1 saturated heterocycles. The van der Waals surface area contributed by atoms with E-state index in [0.717, 1.165) is 57.3 Å². The van der Waals surface area contributed by atoms with Gasteiger partial charge in [-0.25, -0.2) is 8.42 Å². The van der Waals surface area contributed by atoms with Crippen LogP contribution in [-0.4, -0.2) is 51.7 Å². The second-order valence-corrected chi connectivity index (χ2v) is 9.37. The second-order valence-electron chi connectivity index (χ2n) is 7.26. The van der Waals surface area contributed by atoms with Crippen molar-refractivity contribution in [2.45, 2.75) is 43.4 Å². The summed E-state index contributed by atoms with van der Waals surface area (Å²) in [6.07, 6.45) is 5.29. The Morgan fingerprint density at radius 3 is 2.84 bits per heavy atom. The van der Waals surface area contributed by atoms with Crippen LogP contribution in [0.15, 0.2) is 23.1 Å². The van der Waals surface area contributed by atoms with Crippen molar-refractivity contribution in [3.05, 3.63) is 29.3 Å². The highest BCUT2D eigenvalue weighted by molar-refractivity contribution is 7.91. The molecule has 1 atom stereocenters. The molecule has 1 heterocycles. The number of benzene rings is 1. The molecule has 0 spiro atoms. The van der Waals surface area contributed by atoms with Crippen LogP contribution < -0.4 is 5.32 Å². The molecule has 1 amide bonds. The molecule has 0 aromatic heterocycles. The first-order valence-corrected chi connectivity index (χ1v) is 10.9. The second kappa shape index (κ2) is 7.87. The number of carbonyl (C=O) groups excluding carboxylic acids is 1. The molecule has 1 aromatic rings. The quantitative estimate of drug-likeness (QED) is 0.836. The van der Waals surface area contributed by atoms with Gasteiger partial charge in [-0.05, 0) is 74.9 Å². The Labute approximate surface area is 150 Å². The summed E-state index contributed by atoms with van der Waals surface area (Å²) in [5.74, 6) is 0.333. The predicted octanol–water partition coefficient (Wildman–Crippen LogP) is 1.80. The Bertz CT molecular complexity index is 728. The fourth-order valence-corrected chi connectivity index (χ4v) is 5.26. The van der Waals surface area contributed by atoms with E-state index in [0.29, 0.717) is 10.8 Å². The molecule has 2 aliphatic rings. The number of nitrogens with zero attached hydrogens (tertiary/aromatic N) is 1. The first-order valence-electron chi connectivity index (χ1n) is 9.26. The number of rotatable bonds is 6. The summed E-state index contributed by atoms with van der Waals surface area (Å²) in [7, 11) is -1.48. The topological polar surface area (TPSA) is 66.5 Å². The van der Waals surface area contributed by atoms with E-state index in [4.69, 9.17) is 0 Å². The van der Waals surface area contributed by atoms with Gasteiger partial charge < -0.3 is 10.2 Å². The van der Waals surface area contributed by atoms with E-state index in [1.54, 1.807) is 6.07 Å². The van der Waals surface area contributed by atoms with Gasteiger partial charge in [0.1, 0.15) is 0 Å². The van der Waals surface area contributed by atoms with E-state index in [2.05, 4.69) is 5.32 Å². The van der Waals surface area contributed by atoms with Crippen LogP contribution >= 0.6 is 0 Å². The zero-order valence-electron chi connectivity index (χ0n) is 15.0. The van der Waals surface area contributed by atoms with Gasteiger partial charge in [-0.3, -0.25) is 4.79 Å². The number of aryl methyl sites for hydroxylation is 2. The number of sulfone groups is 1. The van der Waals surface area contributed by atoms with E-state index in [1.807, 2.05) is 24.1 Å². The third kappa shape index (κ3) is 4.42. The summed E-state index contributed by atoms with van der Waals surface area (Å²) in [6, 6.07) is 5.45. The molecule has 0 saturated carbocycles. The lowest BCUT2D eigenvalue weighted by Gasteiger charge is -2.32. The minimum atomic E-state index is -3.40. The number of carbonyl (C=O) groups is 1. The molecule has 1 N–H and O–H groups in total. The van der Waals surface area contributed by atoms with Crippen molar-refractivity contribution in [1.82, 2.24) is 10.2 Å². The molecule has 25 heavy (non-hydrogen) atoms. The maximum atomic E-state index is 12.6. The molecule has 3 rings (SSSR count). The maximum Gasteiger partial charge on any atom is 0.223 e. The average molecular weight is 365 g/mol. The molecule has 0 bridgehead atoms. The molecule has 138 valence electrons. The Hall–Kier alpha value is -1.40. The third-order valence-corrected chi connectivity index (χ3v) is 7.09. The summed E-state index contributed by atoms with van der Waals surface area (Å²) < 4.78 is 25.2. The van der Waals surface area contributed by atoms with Crippen LogP contribution in [0.4, 0.5) is 0 Å². The number of amides is 1. The van der Waals surface area contributed by atoms with E-state index in [-0.39, 0.29) is 18.1 Å². The first kappa shape index (κ1) is 18.4. The lowest BCUT2D eigenvalue weighted by Crippen LogP contribution is -2.42. The maximum absolute atomic E-state index is 12.6. The minimum Gasteiger partial charge on any atom is -0.342 e. The third-order valence-electron chi connectivity index (χ3n) is 5.38. The van der Waals surface area contributed by atoms with Crippen LogP contribution in [0.5, 0.6) is 0 Å². The fourth-order valence-electron chi connectivity index (χ4n) is 3.99. The number of fused-ring (bicyclic) bond motifs is 1. The zero-order valence-corrected chi connectivity index (χ0v) is 15.8. The van der Waals surface area contributed by atoms with Crippen LogP contribution in [0.2, 0.25) is 0 Å². The van der Waals surface area contributed by atoms with Crippen molar-refractivity contribution in [1.29, 1.82) is 0 Å². The predicted molar refractivity (Wildman–Crippen MR) is 98.4 cm³/mol. The van der Waals surface area contributed by atoms with Crippen LogP contribution in [0.25, 0.3) is 0 Å². The van der Waals surface area contributed by atoms with Crippen molar-refractivity contribution in [3.63, 3.8) is 0 Å². The molecule has 1 aliphatic carbocycles. The fraction of sp³-hybridized carbons (Fsp3) is 0.632. The standard InChI is InChI=1S/C19H28N2O3S/c1-20-13-15-4-3-10-21(14-15)19(22)9-11-25(23,24)18-8-7-16-5-2-6-17(16)12-18/h7-8,12,15,20H,2-6,9-11,13-14H2,1H3. The zero-order chi connectivity index (χ0) is 17.9. The number of hydrogen-bond donors (Lipinski definition) is 1. The monoisotopic (exact) mass is 364 g/mol. The summed E-state index contributed by atoms with van der Waals surface area (Å²) in [5, 5.41) is 3.16.